The summed E-state index contributed by atoms with van der Waals surface area (Å²) in [5.41, 5.74) is 0.871. The minimum absolute atomic E-state index is 0.0505. The Bertz CT molecular complexity index is 350. The summed E-state index contributed by atoms with van der Waals surface area (Å²) >= 11 is 1.57. The lowest BCUT2D eigenvalue weighted by Crippen LogP contribution is -2.37. The lowest BCUT2D eigenvalue weighted by molar-refractivity contribution is 0.179. The van der Waals surface area contributed by atoms with E-state index in [0.717, 1.165) is 15.7 Å². The average Bonchev–Trinajstić information content (AvgIpc) is 2.59. The molecule has 1 heterocycles. The number of nitrogens with zero attached hydrogens (tertiary/aromatic N) is 2. The molecular weight excluding hydrogens is 224 g/mol. The van der Waals surface area contributed by atoms with Crippen LogP contribution in [0.25, 0.3) is 0 Å². The van der Waals surface area contributed by atoms with Crippen LogP contribution in [0.4, 0.5) is 5.13 Å². The van der Waals surface area contributed by atoms with Gasteiger partial charge >= 0.3 is 0 Å². The molecule has 0 atom stereocenters. The zero-order valence-electron chi connectivity index (χ0n) is 9.77. The largest absolute Gasteiger partial charge is 0.391 e. The fraction of sp³-hybridized carbons (Fsp3) is 0.727. The molecule has 1 fully saturated rings. The Morgan fingerprint density at radius 1 is 1.56 bits per heavy atom. The van der Waals surface area contributed by atoms with Crippen LogP contribution >= 0.6 is 11.3 Å². The zero-order valence-corrected chi connectivity index (χ0v) is 10.6. The van der Waals surface area contributed by atoms with E-state index < -0.39 is 0 Å². The molecule has 5 heteroatoms. The van der Waals surface area contributed by atoms with Gasteiger partial charge in [0.05, 0.1) is 23.8 Å². The molecule has 0 radical (unpaired) electrons. The van der Waals surface area contributed by atoms with Crippen molar-refractivity contribution in [2.45, 2.75) is 38.5 Å². The summed E-state index contributed by atoms with van der Waals surface area (Å²) in [6, 6.07) is 0.632. The van der Waals surface area contributed by atoms with E-state index in [0.29, 0.717) is 12.6 Å². The smallest absolute Gasteiger partial charge is 0.185 e. The predicted molar refractivity (Wildman–Crippen MR) is 64.8 cm³/mol. The van der Waals surface area contributed by atoms with Crippen LogP contribution in [0.1, 0.15) is 29.8 Å². The van der Waals surface area contributed by atoms with Gasteiger partial charge in [-0.25, -0.2) is 4.98 Å². The van der Waals surface area contributed by atoms with Gasteiger partial charge in [0.1, 0.15) is 0 Å². The van der Waals surface area contributed by atoms with Gasteiger partial charge in [-0.1, -0.05) is 11.3 Å². The Morgan fingerprint density at radius 3 is 2.81 bits per heavy atom. The highest BCUT2D eigenvalue weighted by Crippen LogP contribution is 2.32. The van der Waals surface area contributed by atoms with Crippen LogP contribution in [-0.2, 0) is 18.0 Å². The van der Waals surface area contributed by atoms with Gasteiger partial charge in [0, 0.05) is 20.2 Å². The summed E-state index contributed by atoms with van der Waals surface area (Å²) in [6.07, 6.45) is 3.83. The summed E-state index contributed by atoms with van der Waals surface area (Å²) in [4.78, 5) is 7.68. The Hall–Kier alpha value is -0.650. The maximum absolute atomic E-state index is 9.25. The van der Waals surface area contributed by atoms with Crippen molar-refractivity contribution in [1.82, 2.24) is 4.98 Å². The van der Waals surface area contributed by atoms with Crippen molar-refractivity contribution in [1.29, 1.82) is 0 Å². The standard InChI is InChI=1S/C11H18N2O2S/c1-13(8-4-3-5-8)11-12-9(7-15-2)10(6-14)16-11/h8,14H,3-7H2,1-2H3. The van der Waals surface area contributed by atoms with Crippen molar-refractivity contribution in [2.24, 2.45) is 0 Å². The predicted octanol–water partition coefficient (Wildman–Crippen LogP) is 1.77. The molecule has 90 valence electrons. The van der Waals surface area contributed by atoms with Crippen molar-refractivity contribution in [3.05, 3.63) is 10.6 Å². The Labute approximate surface area is 99.9 Å². The second-order valence-electron chi connectivity index (χ2n) is 4.15. The second-order valence-corrected chi connectivity index (χ2v) is 5.22. The highest BCUT2D eigenvalue weighted by atomic mass is 32.1. The summed E-state index contributed by atoms with van der Waals surface area (Å²) in [6.45, 7) is 0.528. The van der Waals surface area contributed by atoms with Crippen LogP contribution in [0.5, 0.6) is 0 Å². The quantitative estimate of drug-likeness (QED) is 0.854. The van der Waals surface area contributed by atoms with Crippen LogP contribution in [0, 0.1) is 0 Å². The number of rotatable bonds is 5. The lowest BCUT2D eigenvalue weighted by atomic mass is 9.92. The molecule has 1 aliphatic rings. The number of methoxy groups -OCH3 is 1. The van der Waals surface area contributed by atoms with E-state index in [1.165, 1.54) is 19.3 Å². The van der Waals surface area contributed by atoms with E-state index in [1.54, 1.807) is 18.4 Å². The van der Waals surface area contributed by atoms with Gasteiger partial charge in [-0.3, -0.25) is 0 Å². The molecule has 16 heavy (non-hydrogen) atoms. The van der Waals surface area contributed by atoms with E-state index in [2.05, 4.69) is 16.9 Å². The fourth-order valence-electron chi connectivity index (χ4n) is 1.82. The summed E-state index contributed by atoms with van der Waals surface area (Å²) in [7, 11) is 3.73. The molecule has 0 saturated heterocycles. The van der Waals surface area contributed by atoms with Crippen LogP contribution < -0.4 is 4.90 Å². The van der Waals surface area contributed by atoms with Gasteiger partial charge in [-0.2, -0.15) is 0 Å². The number of aliphatic hydroxyl groups is 1. The average molecular weight is 242 g/mol. The minimum Gasteiger partial charge on any atom is -0.391 e. The first-order valence-electron chi connectivity index (χ1n) is 5.57. The van der Waals surface area contributed by atoms with Gasteiger partial charge in [0.15, 0.2) is 5.13 Å². The van der Waals surface area contributed by atoms with Crippen LogP contribution in [0.15, 0.2) is 0 Å². The maximum Gasteiger partial charge on any atom is 0.185 e. The van der Waals surface area contributed by atoms with Crippen LogP contribution in [0.3, 0.4) is 0 Å². The third kappa shape index (κ3) is 2.21. The van der Waals surface area contributed by atoms with Crippen molar-refractivity contribution >= 4 is 16.5 Å². The molecule has 0 aromatic carbocycles. The maximum atomic E-state index is 9.25. The van der Waals surface area contributed by atoms with E-state index in [9.17, 15) is 5.11 Å². The monoisotopic (exact) mass is 242 g/mol. The van der Waals surface area contributed by atoms with Crippen molar-refractivity contribution in [3.8, 4) is 0 Å². The molecule has 1 N–H and O–H groups in total. The fourth-order valence-corrected chi connectivity index (χ4v) is 2.78. The molecule has 4 nitrogen and oxygen atoms in total. The molecule has 2 rings (SSSR count). The van der Waals surface area contributed by atoms with Gasteiger partial charge in [-0.05, 0) is 19.3 Å². The first kappa shape index (κ1) is 11.8. The van der Waals surface area contributed by atoms with Crippen molar-refractivity contribution < 1.29 is 9.84 Å². The topological polar surface area (TPSA) is 45.6 Å². The molecule has 1 aromatic heterocycles. The van der Waals surface area contributed by atoms with Crippen LogP contribution in [0.2, 0.25) is 0 Å². The minimum atomic E-state index is 0.0505. The molecular formula is C11H18N2O2S. The SMILES string of the molecule is COCc1nc(N(C)C2CCC2)sc1CO. The number of anilines is 1. The summed E-state index contributed by atoms with van der Waals surface area (Å²) in [5.74, 6) is 0. The molecule has 0 amide bonds. The van der Waals surface area contributed by atoms with E-state index in [1.807, 2.05) is 0 Å². The number of aliphatic hydroxyl groups excluding tert-OH is 1. The first-order valence-corrected chi connectivity index (χ1v) is 6.39. The zero-order chi connectivity index (χ0) is 11.5. The van der Waals surface area contributed by atoms with Crippen molar-refractivity contribution in [3.63, 3.8) is 0 Å². The summed E-state index contributed by atoms with van der Waals surface area (Å²) < 4.78 is 5.08. The van der Waals surface area contributed by atoms with Gasteiger partial charge in [-0.15, -0.1) is 0 Å². The molecule has 1 aromatic rings. The normalized spacial score (nSPS) is 16.2. The molecule has 1 saturated carbocycles. The Balaban J connectivity index is 2.13. The van der Waals surface area contributed by atoms with Gasteiger partial charge in [0.2, 0.25) is 0 Å². The molecule has 0 spiro atoms. The van der Waals surface area contributed by atoms with E-state index in [-0.39, 0.29) is 6.61 Å². The summed E-state index contributed by atoms with van der Waals surface area (Å²) in [5, 5.41) is 10.2. The molecule has 0 aliphatic heterocycles. The highest BCUT2D eigenvalue weighted by molar-refractivity contribution is 7.15. The second kappa shape index (κ2) is 5.12. The molecule has 0 unspecified atom stereocenters. The van der Waals surface area contributed by atoms with Crippen molar-refractivity contribution in [2.75, 3.05) is 19.1 Å². The van der Waals surface area contributed by atoms with E-state index >= 15 is 0 Å². The number of thiazole rings is 1. The van der Waals surface area contributed by atoms with Gasteiger partial charge in [0.25, 0.3) is 0 Å². The number of hydrogen-bond donors (Lipinski definition) is 1. The molecule has 0 bridgehead atoms. The third-order valence-corrected chi connectivity index (χ3v) is 4.29. The van der Waals surface area contributed by atoms with Gasteiger partial charge < -0.3 is 14.7 Å². The number of ether oxygens (including phenoxy) is 1. The van der Waals surface area contributed by atoms with Crippen LogP contribution in [-0.4, -0.2) is 30.3 Å². The lowest BCUT2D eigenvalue weighted by Gasteiger charge is -2.34. The Kier molecular flexibility index (Phi) is 3.78. The van der Waals surface area contributed by atoms with E-state index in [4.69, 9.17) is 4.74 Å². The third-order valence-electron chi connectivity index (χ3n) is 3.12. The first-order chi connectivity index (χ1) is 7.76. The molecule has 1 aliphatic carbocycles. The Morgan fingerprint density at radius 2 is 2.31 bits per heavy atom. The number of aromatic nitrogens is 1. The highest BCUT2D eigenvalue weighted by Gasteiger charge is 2.25. The number of hydrogen-bond acceptors (Lipinski definition) is 5.